The van der Waals surface area contributed by atoms with Gasteiger partial charge in [-0.05, 0) is 45.4 Å². The number of hydrogen-bond acceptors (Lipinski definition) is 5. The molecule has 0 saturated carbocycles. The van der Waals surface area contributed by atoms with Crippen LogP contribution >= 0.6 is 0 Å². The van der Waals surface area contributed by atoms with Crippen LogP contribution in [0, 0.1) is 5.41 Å². The lowest BCUT2D eigenvalue weighted by Gasteiger charge is -2.30. The average Bonchev–Trinajstić information content (AvgIpc) is 2.66. The Morgan fingerprint density at radius 3 is 2.52 bits per heavy atom. The summed E-state index contributed by atoms with van der Waals surface area (Å²) in [6, 6.07) is 0. The zero-order chi connectivity index (χ0) is 16.1. The minimum atomic E-state index is -0.959. The number of hydrogen-bond donors (Lipinski definition) is 1. The Hall–Kier alpha value is -1.10. The van der Waals surface area contributed by atoms with Crippen LogP contribution in [0.15, 0.2) is 0 Å². The third-order valence-corrected chi connectivity index (χ3v) is 4.84. The summed E-state index contributed by atoms with van der Waals surface area (Å²) >= 11 is 0. The number of rotatable bonds is 6. The third-order valence-electron chi connectivity index (χ3n) is 4.84. The van der Waals surface area contributed by atoms with Gasteiger partial charge in [-0.2, -0.15) is 0 Å². The zero-order valence-electron chi connectivity index (χ0n) is 13.6. The number of ether oxygens (including phenoxy) is 2. The molecule has 0 radical (unpaired) electrons. The van der Waals surface area contributed by atoms with Gasteiger partial charge < -0.3 is 14.6 Å². The summed E-state index contributed by atoms with van der Waals surface area (Å²) in [5.41, 5.74) is -1.39. The fourth-order valence-electron chi connectivity index (χ4n) is 2.50. The largest absolute Gasteiger partial charge is 0.456 e. The summed E-state index contributed by atoms with van der Waals surface area (Å²) in [4.78, 5) is 24.4. The van der Waals surface area contributed by atoms with E-state index in [1.165, 1.54) is 0 Å². The van der Waals surface area contributed by atoms with Gasteiger partial charge in [0, 0.05) is 0 Å². The molecule has 5 nitrogen and oxygen atoms in total. The van der Waals surface area contributed by atoms with Crippen molar-refractivity contribution in [2.45, 2.75) is 77.9 Å². The molecule has 1 heterocycles. The van der Waals surface area contributed by atoms with E-state index < -0.39 is 29.1 Å². The van der Waals surface area contributed by atoms with Crippen LogP contribution in [0.5, 0.6) is 0 Å². The van der Waals surface area contributed by atoms with E-state index in [0.717, 1.165) is 25.7 Å². The maximum absolute atomic E-state index is 12.2. The fourth-order valence-corrected chi connectivity index (χ4v) is 2.50. The normalized spacial score (nSPS) is 24.6. The van der Waals surface area contributed by atoms with Crippen molar-refractivity contribution in [1.29, 1.82) is 0 Å². The molecule has 1 saturated heterocycles. The molecule has 0 aliphatic carbocycles. The molecule has 0 bridgehead atoms. The van der Waals surface area contributed by atoms with Crippen molar-refractivity contribution in [3.05, 3.63) is 0 Å². The molecular formula is C16H28O5. The van der Waals surface area contributed by atoms with Gasteiger partial charge in [0.15, 0.2) is 6.10 Å². The molecule has 21 heavy (non-hydrogen) atoms. The molecule has 1 aliphatic rings. The minimum absolute atomic E-state index is 0.294. The van der Waals surface area contributed by atoms with Crippen LogP contribution in [-0.4, -0.2) is 35.4 Å². The van der Waals surface area contributed by atoms with Crippen molar-refractivity contribution in [3.8, 4) is 0 Å². The van der Waals surface area contributed by atoms with Crippen LogP contribution in [-0.2, 0) is 19.1 Å². The molecule has 0 aromatic rings. The predicted molar refractivity (Wildman–Crippen MR) is 78.6 cm³/mol. The topological polar surface area (TPSA) is 72.8 Å². The van der Waals surface area contributed by atoms with Crippen LogP contribution in [0.25, 0.3) is 0 Å². The van der Waals surface area contributed by atoms with E-state index in [9.17, 15) is 14.7 Å². The van der Waals surface area contributed by atoms with Crippen molar-refractivity contribution in [1.82, 2.24) is 0 Å². The van der Waals surface area contributed by atoms with Crippen molar-refractivity contribution in [3.63, 3.8) is 0 Å². The van der Waals surface area contributed by atoms with E-state index in [0.29, 0.717) is 12.8 Å². The number of aliphatic hydroxyl groups is 1. The SMILES string of the molecule is CCC1(CC)CCCC(OC(=O)C(C)(CC)CO)C(=O)O1. The predicted octanol–water partition coefficient (Wildman–Crippen LogP) is 2.59. The summed E-state index contributed by atoms with van der Waals surface area (Å²) in [6.07, 6.45) is 3.20. The van der Waals surface area contributed by atoms with E-state index in [4.69, 9.17) is 9.47 Å². The average molecular weight is 300 g/mol. The van der Waals surface area contributed by atoms with Crippen LogP contribution in [0.1, 0.15) is 66.2 Å². The Kier molecular flexibility index (Phi) is 6.20. The maximum atomic E-state index is 12.2. The third kappa shape index (κ3) is 3.96. The number of carbonyl (C=O) groups is 2. The van der Waals surface area contributed by atoms with E-state index in [1.54, 1.807) is 6.92 Å². The molecule has 0 aromatic carbocycles. The van der Waals surface area contributed by atoms with Gasteiger partial charge in [0.25, 0.3) is 0 Å². The van der Waals surface area contributed by atoms with Gasteiger partial charge in [-0.3, -0.25) is 4.79 Å². The molecule has 0 spiro atoms. The van der Waals surface area contributed by atoms with E-state index in [1.807, 2.05) is 20.8 Å². The first-order valence-electron chi connectivity index (χ1n) is 7.91. The van der Waals surface area contributed by atoms with Gasteiger partial charge in [-0.15, -0.1) is 0 Å². The van der Waals surface area contributed by atoms with Crippen LogP contribution in [0.3, 0.4) is 0 Å². The Bertz CT molecular complexity index is 369. The Morgan fingerprint density at radius 1 is 1.43 bits per heavy atom. The number of esters is 2. The van der Waals surface area contributed by atoms with Gasteiger partial charge in [0.1, 0.15) is 5.60 Å². The molecule has 0 amide bonds. The molecule has 1 rings (SSSR count). The monoisotopic (exact) mass is 300 g/mol. The second-order valence-electron chi connectivity index (χ2n) is 6.17. The van der Waals surface area contributed by atoms with E-state index >= 15 is 0 Å². The van der Waals surface area contributed by atoms with E-state index in [2.05, 4.69) is 0 Å². The summed E-state index contributed by atoms with van der Waals surface area (Å²) in [5, 5.41) is 9.35. The van der Waals surface area contributed by atoms with Crippen LogP contribution in [0.4, 0.5) is 0 Å². The van der Waals surface area contributed by atoms with Crippen molar-refractivity contribution in [2.75, 3.05) is 6.61 Å². The standard InChI is InChI=1S/C16H28O5/c1-5-15(4,11-17)14(19)20-12-9-8-10-16(6-2,7-3)21-13(12)18/h12,17H,5-11H2,1-4H3. The highest BCUT2D eigenvalue weighted by Crippen LogP contribution is 2.33. The van der Waals surface area contributed by atoms with Gasteiger partial charge in [0.2, 0.25) is 0 Å². The molecule has 2 atom stereocenters. The minimum Gasteiger partial charge on any atom is -0.456 e. The van der Waals surface area contributed by atoms with Gasteiger partial charge in [-0.25, -0.2) is 4.79 Å². The highest BCUT2D eigenvalue weighted by molar-refractivity contribution is 5.82. The first kappa shape index (κ1) is 18.0. The fraction of sp³-hybridized carbons (Fsp3) is 0.875. The lowest BCUT2D eigenvalue weighted by Crippen LogP contribution is -2.40. The molecule has 5 heteroatoms. The molecule has 1 N–H and O–H groups in total. The van der Waals surface area contributed by atoms with Crippen molar-refractivity contribution < 1.29 is 24.2 Å². The molecule has 0 aromatic heterocycles. The van der Waals surface area contributed by atoms with Gasteiger partial charge >= 0.3 is 11.9 Å². The quantitative estimate of drug-likeness (QED) is 0.763. The highest BCUT2D eigenvalue weighted by Gasteiger charge is 2.41. The number of aliphatic hydroxyl groups excluding tert-OH is 1. The molecular weight excluding hydrogens is 272 g/mol. The lowest BCUT2D eigenvalue weighted by molar-refractivity contribution is -0.182. The first-order chi connectivity index (χ1) is 9.86. The molecule has 122 valence electrons. The summed E-state index contributed by atoms with van der Waals surface area (Å²) in [6.45, 7) is 7.16. The highest BCUT2D eigenvalue weighted by atomic mass is 16.6. The second-order valence-corrected chi connectivity index (χ2v) is 6.17. The zero-order valence-corrected chi connectivity index (χ0v) is 13.6. The van der Waals surface area contributed by atoms with Gasteiger partial charge in [-0.1, -0.05) is 20.8 Å². The Morgan fingerprint density at radius 2 is 2.05 bits per heavy atom. The smallest absolute Gasteiger partial charge is 0.347 e. The first-order valence-corrected chi connectivity index (χ1v) is 7.91. The Balaban J connectivity index is 2.77. The second kappa shape index (κ2) is 7.25. The van der Waals surface area contributed by atoms with Crippen molar-refractivity contribution in [2.24, 2.45) is 5.41 Å². The van der Waals surface area contributed by atoms with Crippen molar-refractivity contribution >= 4 is 11.9 Å². The summed E-state index contributed by atoms with van der Waals surface area (Å²) in [5.74, 6) is -0.990. The summed E-state index contributed by atoms with van der Waals surface area (Å²) in [7, 11) is 0. The lowest BCUT2D eigenvalue weighted by atomic mass is 9.89. The van der Waals surface area contributed by atoms with Crippen LogP contribution < -0.4 is 0 Å². The summed E-state index contributed by atoms with van der Waals surface area (Å²) < 4.78 is 11.0. The molecule has 1 fully saturated rings. The maximum Gasteiger partial charge on any atom is 0.347 e. The number of cyclic esters (lactones) is 1. The molecule has 1 aliphatic heterocycles. The Labute approximate surface area is 127 Å². The van der Waals surface area contributed by atoms with E-state index in [-0.39, 0.29) is 6.61 Å². The number of carbonyl (C=O) groups excluding carboxylic acids is 2. The van der Waals surface area contributed by atoms with Gasteiger partial charge in [0.05, 0.1) is 12.0 Å². The van der Waals surface area contributed by atoms with Crippen LogP contribution in [0.2, 0.25) is 0 Å². The molecule has 2 unspecified atom stereocenters.